The second kappa shape index (κ2) is 6.48. The predicted molar refractivity (Wildman–Crippen MR) is 90.0 cm³/mol. The van der Waals surface area contributed by atoms with Crippen LogP contribution in [-0.2, 0) is 0 Å². The number of anilines is 2. The number of nitrogens with zero attached hydrogens (tertiary/aromatic N) is 3. The fourth-order valence-electron chi connectivity index (χ4n) is 1.84. The van der Waals surface area contributed by atoms with Crippen LogP contribution in [0.3, 0.4) is 0 Å². The van der Waals surface area contributed by atoms with Gasteiger partial charge in [-0.1, -0.05) is 34.8 Å². The van der Waals surface area contributed by atoms with Crippen LogP contribution >= 0.6 is 34.8 Å². The summed E-state index contributed by atoms with van der Waals surface area (Å²) in [5.41, 5.74) is 1.41. The highest BCUT2D eigenvalue weighted by Crippen LogP contribution is 2.29. The van der Waals surface area contributed by atoms with Crippen molar-refractivity contribution in [1.29, 1.82) is 0 Å². The molecule has 0 unspecified atom stereocenters. The number of hydrogen-bond acceptors (Lipinski definition) is 4. The van der Waals surface area contributed by atoms with Crippen LogP contribution in [0.4, 0.5) is 11.5 Å². The predicted octanol–water partition coefficient (Wildman–Crippen LogP) is 5.24. The lowest BCUT2D eigenvalue weighted by molar-refractivity contribution is 1.16. The maximum absolute atomic E-state index is 6.14. The van der Waals surface area contributed by atoms with Crippen molar-refractivity contribution >= 4 is 46.3 Å². The molecule has 1 N–H and O–H groups in total. The quantitative estimate of drug-likeness (QED) is 0.655. The van der Waals surface area contributed by atoms with E-state index < -0.39 is 0 Å². The number of hydrogen-bond donors (Lipinski definition) is 1. The van der Waals surface area contributed by atoms with Crippen LogP contribution in [0.25, 0.3) is 11.4 Å². The van der Waals surface area contributed by atoms with Gasteiger partial charge < -0.3 is 5.32 Å². The molecule has 0 atom stereocenters. The Hall–Kier alpha value is -1.88. The summed E-state index contributed by atoms with van der Waals surface area (Å²) in [6.45, 7) is 0. The normalized spacial score (nSPS) is 10.5. The number of nitrogens with one attached hydrogen (secondary N) is 1. The van der Waals surface area contributed by atoms with Crippen LogP contribution in [0.2, 0.25) is 15.2 Å². The Morgan fingerprint density at radius 2 is 1.82 bits per heavy atom. The fraction of sp³-hybridized carbons (Fsp3) is 0. The van der Waals surface area contributed by atoms with Crippen LogP contribution in [0.1, 0.15) is 0 Å². The maximum Gasteiger partial charge on any atom is 0.164 e. The fourth-order valence-corrected chi connectivity index (χ4v) is 2.36. The van der Waals surface area contributed by atoms with Gasteiger partial charge in [0.15, 0.2) is 5.82 Å². The summed E-state index contributed by atoms with van der Waals surface area (Å²) >= 11 is 18.2. The standard InChI is InChI=1S/C15H9Cl3N4/c16-10-3-4-11(17)12(6-10)20-14-7-13(18)21-15(22-14)9-2-1-5-19-8-9/h1-8H,(H,20,21,22). The summed E-state index contributed by atoms with van der Waals surface area (Å²) in [7, 11) is 0. The van der Waals surface area contributed by atoms with Crippen LogP contribution in [0.5, 0.6) is 0 Å². The van der Waals surface area contributed by atoms with E-state index in [-0.39, 0.29) is 0 Å². The van der Waals surface area contributed by atoms with E-state index in [4.69, 9.17) is 34.8 Å². The lowest BCUT2D eigenvalue weighted by Crippen LogP contribution is -1.98. The summed E-state index contributed by atoms with van der Waals surface area (Å²) in [4.78, 5) is 12.7. The molecule has 0 saturated carbocycles. The summed E-state index contributed by atoms with van der Waals surface area (Å²) in [6, 6.07) is 10.4. The molecule has 0 aliphatic heterocycles. The molecule has 22 heavy (non-hydrogen) atoms. The number of benzene rings is 1. The van der Waals surface area contributed by atoms with E-state index in [1.165, 1.54) is 0 Å². The summed E-state index contributed by atoms with van der Waals surface area (Å²) in [6.07, 6.45) is 3.35. The second-order valence-electron chi connectivity index (χ2n) is 4.39. The highest BCUT2D eigenvalue weighted by molar-refractivity contribution is 6.35. The third-order valence-electron chi connectivity index (χ3n) is 2.81. The molecular formula is C15H9Cl3N4. The summed E-state index contributed by atoms with van der Waals surface area (Å²) in [5, 5.41) is 4.50. The molecule has 0 spiro atoms. The molecule has 7 heteroatoms. The van der Waals surface area contributed by atoms with E-state index in [0.29, 0.717) is 32.5 Å². The molecule has 1 aromatic carbocycles. The van der Waals surface area contributed by atoms with Gasteiger partial charge >= 0.3 is 0 Å². The molecule has 0 radical (unpaired) electrons. The number of aromatic nitrogens is 3. The molecule has 0 bridgehead atoms. The first-order chi connectivity index (χ1) is 10.6. The van der Waals surface area contributed by atoms with Crippen molar-refractivity contribution in [3.05, 3.63) is 64.0 Å². The number of rotatable bonds is 3. The Labute approximate surface area is 142 Å². The average Bonchev–Trinajstić information content (AvgIpc) is 2.51. The summed E-state index contributed by atoms with van der Waals surface area (Å²) in [5.74, 6) is 0.990. The molecular weight excluding hydrogens is 343 g/mol. The smallest absolute Gasteiger partial charge is 0.164 e. The van der Waals surface area contributed by atoms with E-state index in [1.54, 1.807) is 42.7 Å². The zero-order valence-electron chi connectivity index (χ0n) is 11.1. The molecule has 2 aromatic heterocycles. The van der Waals surface area contributed by atoms with E-state index in [9.17, 15) is 0 Å². The summed E-state index contributed by atoms with van der Waals surface area (Å²) < 4.78 is 0. The highest BCUT2D eigenvalue weighted by atomic mass is 35.5. The largest absolute Gasteiger partial charge is 0.339 e. The highest BCUT2D eigenvalue weighted by Gasteiger charge is 2.08. The van der Waals surface area contributed by atoms with Crippen molar-refractivity contribution in [2.24, 2.45) is 0 Å². The van der Waals surface area contributed by atoms with Gasteiger partial charge in [-0.15, -0.1) is 0 Å². The average molecular weight is 352 g/mol. The van der Waals surface area contributed by atoms with Gasteiger partial charge in [0, 0.05) is 29.0 Å². The molecule has 4 nitrogen and oxygen atoms in total. The molecule has 3 rings (SSSR count). The van der Waals surface area contributed by atoms with E-state index in [2.05, 4.69) is 20.3 Å². The van der Waals surface area contributed by atoms with Gasteiger partial charge in [0.1, 0.15) is 11.0 Å². The van der Waals surface area contributed by atoms with Crippen LogP contribution in [0.15, 0.2) is 48.8 Å². The van der Waals surface area contributed by atoms with Crippen LogP contribution in [-0.4, -0.2) is 15.0 Å². The van der Waals surface area contributed by atoms with Crippen molar-refractivity contribution in [2.45, 2.75) is 0 Å². The molecule has 3 aromatic rings. The van der Waals surface area contributed by atoms with Crippen LogP contribution < -0.4 is 5.32 Å². The maximum atomic E-state index is 6.14. The number of pyridine rings is 1. The van der Waals surface area contributed by atoms with E-state index >= 15 is 0 Å². The molecule has 2 heterocycles. The Balaban J connectivity index is 1.98. The lowest BCUT2D eigenvalue weighted by Gasteiger charge is -2.09. The van der Waals surface area contributed by atoms with Crippen molar-refractivity contribution < 1.29 is 0 Å². The van der Waals surface area contributed by atoms with Gasteiger partial charge in [-0.3, -0.25) is 4.98 Å². The number of halogens is 3. The Bertz CT molecular complexity index is 809. The molecule has 0 fully saturated rings. The first kappa shape index (κ1) is 15.0. The van der Waals surface area contributed by atoms with Gasteiger partial charge in [0.05, 0.1) is 10.7 Å². The van der Waals surface area contributed by atoms with E-state index in [1.807, 2.05) is 6.07 Å². The zero-order chi connectivity index (χ0) is 15.5. The molecule has 0 aliphatic rings. The SMILES string of the molecule is Clc1ccc(Cl)c(Nc2cc(Cl)nc(-c3cccnc3)n2)c1. The first-order valence-electron chi connectivity index (χ1n) is 6.29. The van der Waals surface area contributed by atoms with Crippen molar-refractivity contribution in [2.75, 3.05) is 5.32 Å². The van der Waals surface area contributed by atoms with E-state index in [0.717, 1.165) is 5.56 Å². The van der Waals surface area contributed by atoms with Gasteiger partial charge in [-0.2, -0.15) is 0 Å². The minimum atomic E-state index is 0.314. The van der Waals surface area contributed by atoms with Gasteiger partial charge in [-0.05, 0) is 30.3 Å². The van der Waals surface area contributed by atoms with Gasteiger partial charge in [0.2, 0.25) is 0 Å². The Morgan fingerprint density at radius 3 is 2.59 bits per heavy atom. The molecule has 0 saturated heterocycles. The third kappa shape index (κ3) is 3.47. The minimum absolute atomic E-state index is 0.314. The zero-order valence-corrected chi connectivity index (χ0v) is 13.4. The van der Waals surface area contributed by atoms with Crippen molar-refractivity contribution in [1.82, 2.24) is 15.0 Å². The lowest BCUT2D eigenvalue weighted by atomic mass is 10.2. The van der Waals surface area contributed by atoms with Crippen LogP contribution in [0, 0.1) is 0 Å². The third-order valence-corrected chi connectivity index (χ3v) is 3.56. The topological polar surface area (TPSA) is 50.7 Å². The Morgan fingerprint density at radius 1 is 0.955 bits per heavy atom. The van der Waals surface area contributed by atoms with Crippen molar-refractivity contribution in [3.63, 3.8) is 0 Å². The molecule has 0 amide bonds. The monoisotopic (exact) mass is 350 g/mol. The Kier molecular flexibility index (Phi) is 4.43. The molecule has 0 aliphatic carbocycles. The van der Waals surface area contributed by atoms with Gasteiger partial charge in [-0.25, -0.2) is 9.97 Å². The first-order valence-corrected chi connectivity index (χ1v) is 7.42. The van der Waals surface area contributed by atoms with Crippen molar-refractivity contribution in [3.8, 4) is 11.4 Å². The second-order valence-corrected chi connectivity index (χ2v) is 5.62. The minimum Gasteiger partial charge on any atom is -0.339 e. The van der Waals surface area contributed by atoms with Gasteiger partial charge in [0.25, 0.3) is 0 Å². The molecule has 110 valence electrons.